The zero-order valence-corrected chi connectivity index (χ0v) is 13.8. The topological polar surface area (TPSA) is 76.3 Å². The number of hydrogen-bond donors (Lipinski definition) is 0. The molecule has 1 aliphatic rings. The van der Waals surface area contributed by atoms with E-state index in [-0.39, 0.29) is 11.9 Å². The number of aryl methyl sites for hydroxylation is 1. The summed E-state index contributed by atoms with van der Waals surface area (Å²) >= 11 is 0. The van der Waals surface area contributed by atoms with E-state index in [1.165, 1.54) is 22.7 Å². The van der Waals surface area contributed by atoms with Crippen LogP contribution in [0, 0.1) is 12.7 Å². The maximum Gasteiger partial charge on any atom is 0.245 e. The molecule has 6 nitrogen and oxygen atoms in total. The van der Waals surface area contributed by atoms with Crippen LogP contribution in [0.15, 0.2) is 22.7 Å². The summed E-state index contributed by atoms with van der Waals surface area (Å²) in [5, 5.41) is 3.93. The largest absolute Gasteiger partial charge is 0.338 e. The Balaban J connectivity index is 1.80. The fourth-order valence-corrected chi connectivity index (χ4v) is 4.01. The van der Waals surface area contributed by atoms with Crippen molar-refractivity contribution in [2.45, 2.75) is 32.2 Å². The zero-order chi connectivity index (χ0) is 16.6. The number of nitrogens with zero attached hydrogens (tertiary/aromatic N) is 3. The van der Waals surface area contributed by atoms with E-state index >= 15 is 0 Å². The van der Waals surface area contributed by atoms with Gasteiger partial charge in [0.25, 0.3) is 0 Å². The minimum Gasteiger partial charge on any atom is -0.338 e. The summed E-state index contributed by atoms with van der Waals surface area (Å²) < 4.78 is 43.4. The Morgan fingerprint density at radius 2 is 2.22 bits per heavy atom. The van der Waals surface area contributed by atoms with E-state index in [4.69, 9.17) is 4.52 Å². The molecule has 1 unspecified atom stereocenters. The molecule has 0 N–H and O–H groups in total. The Morgan fingerprint density at radius 1 is 1.43 bits per heavy atom. The molecule has 1 atom stereocenters. The molecule has 1 fully saturated rings. The fraction of sp³-hybridized carbons (Fsp3) is 0.467. The van der Waals surface area contributed by atoms with Crippen LogP contribution in [0.3, 0.4) is 0 Å². The fourth-order valence-electron chi connectivity index (χ4n) is 2.89. The van der Waals surface area contributed by atoms with E-state index in [1.807, 2.05) is 6.92 Å². The quantitative estimate of drug-likeness (QED) is 0.853. The first-order chi connectivity index (χ1) is 10.8. The highest BCUT2D eigenvalue weighted by Crippen LogP contribution is 2.32. The van der Waals surface area contributed by atoms with Crippen LogP contribution >= 0.6 is 0 Å². The zero-order valence-electron chi connectivity index (χ0n) is 13.0. The van der Waals surface area contributed by atoms with E-state index in [9.17, 15) is 12.8 Å². The van der Waals surface area contributed by atoms with Gasteiger partial charge in [-0.2, -0.15) is 9.29 Å². The Labute approximate surface area is 134 Å². The third kappa shape index (κ3) is 3.42. The van der Waals surface area contributed by atoms with Crippen LogP contribution < -0.4 is 0 Å². The molecule has 0 aliphatic carbocycles. The molecule has 0 amide bonds. The Kier molecular flexibility index (Phi) is 4.20. The van der Waals surface area contributed by atoms with Crippen LogP contribution in [0.4, 0.5) is 4.39 Å². The lowest BCUT2D eigenvalue weighted by Crippen LogP contribution is -2.29. The predicted octanol–water partition coefficient (Wildman–Crippen LogP) is 2.20. The van der Waals surface area contributed by atoms with Crippen molar-refractivity contribution in [1.82, 2.24) is 14.4 Å². The molecule has 1 aliphatic heterocycles. The van der Waals surface area contributed by atoms with Gasteiger partial charge in [-0.25, -0.2) is 12.8 Å². The van der Waals surface area contributed by atoms with Crippen molar-refractivity contribution >= 4 is 10.0 Å². The van der Waals surface area contributed by atoms with Crippen molar-refractivity contribution in [3.63, 3.8) is 0 Å². The van der Waals surface area contributed by atoms with E-state index in [2.05, 4.69) is 10.1 Å². The predicted molar refractivity (Wildman–Crippen MR) is 81.8 cm³/mol. The van der Waals surface area contributed by atoms with Gasteiger partial charge in [-0.05, 0) is 43.0 Å². The van der Waals surface area contributed by atoms with Crippen LogP contribution in [-0.2, 0) is 16.4 Å². The van der Waals surface area contributed by atoms with Crippen LogP contribution in [0.2, 0.25) is 0 Å². The second kappa shape index (κ2) is 6.01. The summed E-state index contributed by atoms with van der Waals surface area (Å²) in [6.07, 6.45) is 3.04. The summed E-state index contributed by atoms with van der Waals surface area (Å²) in [4.78, 5) is 4.34. The third-order valence-corrected chi connectivity index (χ3v) is 5.34. The van der Waals surface area contributed by atoms with Gasteiger partial charge < -0.3 is 4.52 Å². The normalized spacial score (nSPS) is 19.3. The van der Waals surface area contributed by atoms with Crippen molar-refractivity contribution in [2.75, 3.05) is 12.8 Å². The van der Waals surface area contributed by atoms with Gasteiger partial charge in [0.1, 0.15) is 11.9 Å². The Hall–Kier alpha value is -1.80. The first-order valence-corrected chi connectivity index (χ1v) is 9.24. The highest BCUT2D eigenvalue weighted by atomic mass is 32.2. The summed E-state index contributed by atoms with van der Waals surface area (Å²) in [6, 6.07) is 4.16. The second-order valence-corrected chi connectivity index (χ2v) is 7.76. The number of rotatable bonds is 4. The molecule has 2 aromatic rings. The van der Waals surface area contributed by atoms with Gasteiger partial charge in [-0.15, -0.1) is 0 Å². The van der Waals surface area contributed by atoms with Crippen molar-refractivity contribution in [2.24, 2.45) is 0 Å². The van der Waals surface area contributed by atoms with E-state index in [0.717, 1.165) is 17.5 Å². The average Bonchev–Trinajstić information content (AvgIpc) is 3.09. The van der Waals surface area contributed by atoms with Crippen LogP contribution in [0.25, 0.3) is 0 Å². The lowest BCUT2D eigenvalue weighted by Gasteiger charge is -2.18. The molecule has 0 bridgehead atoms. The van der Waals surface area contributed by atoms with Gasteiger partial charge in [0.05, 0.1) is 6.26 Å². The summed E-state index contributed by atoms with van der Waals surface area (Å²) in [7, 11) is -3.30. The number of aromatic nitrogens is 2. The van der Waals surface area contributed by atoms with Crippen LogP contribution in [-0.4, -0.2) is 35.7 Å². The highest BCUT2D eigenvalue weighted by molar-refractivity contribution is 7.88. The maximum absolute atomic E-state index is 13.1. The van der Waals surface area contributed by atoms with Crippen molar-refractivity contribution in [3.8, 4) is 0 Å². The number of hydrogen-bond acceptors (Lipinski definition) is 5. The minimum atomic E-state index is -3.30. The summed E-state index contributed by atoms with van der Waals surface area (Å²) in [6.45, 7) is 2.29. The summed E-state index contributed by atoms with van der Waals surface area (Å²) in [5.74, 6) is 0.507. The van der Waals surface area contributed by atoms with E-state index < -0.39 is 10.0 Å². The van der Waals surface area contributed by atoms with Crippen molar-refractivity contribution < 1.29 is 17.3 Å². The number of sulfonamides is 1. The molecule has 23 heavy (non-hydrogen) atoms. The first-order valence-electron chi connectivity index (χ1n) is 7.39. The van der Waals surface area contributed by atoms with Gasteiger partial charge in [0.2, 0.25) is 15.9 Å². The average molecular weight is 339 g/mol. The molecule has 1 aromatic carbocycles. The molecule has 124 valence electrons. The molecule has 1 aromatic heterocycles. The smallest absolute Gasteiger partial charge is 0.245 e. The number of benzene rings is 1. The monoisotopic (exact) mass is 339 g/mol. The van der Waals surface area contributed by atoms with Crippen molar-refractivity contribution in [3.05, 3.63) is 46.9 Å². The number of halogens is 1. The summed E-state index contributed by atoms with van der Waals surface area (Å²) in [5.41, 5.74) is 1.72. The standard InChI is InChI=1S/C15H18FN3O3S/c1-10-8-12(16)6-5-11(10)9-14-17-15(22-18-14)13-4-3-7-19(13)23(2,20)21/h5-6,8,13H,3-4,7,9H2,1-2H3. The molecule has 1 saturated heterocycles. The van der Waals surface area contributed by atoms with Gasteiger partial charge in [-0.1, -0.05) is 11.2 Å². The molecule has 0 saturated carbocycles. The molecular weight excluding hydrogens is 321 g/mol. The molecule has 0 spiro atoms. The first kappa shape index (κ1) is 16.1. The molecule has 3 rings (SSSR count). The third-order valence-electron chi connectivity index (χ3n) is 4.05. The molecule has 0 radical (unpaired) electrons. The minimum absolute atomic E-state index is 0.283. The molecular formula is C15H18FN3O3S. The lowest BCUT2D eigenvalue weighted by molar-refractivity contribution is 0.290. The van der Waals surface area contributed by atoms with Gasteiger partial charge in [-0.3, -0.25) is 0 Å². The Bertz CT molecular complexity index is 819. The van der Waals surface area contributed by atoms with E-state index in [0.29, 0.717) is 31.1 Å². The molecule has 8 heteroatoms. The van der Waals surface area contributed by atoms with Crippen LogP contribution in [0.1, 0.15) is 41.7 Å². The van der Waals surface area contributed by atoms with Gasteiger partial charge >= 0.3 is 0 Å². The van der Waals surface area contributed by atoms with Gasteiger partial charge in [0.15, 0.2) is 5.82 Å². The second-order valence-electron chi connectivity index (χ2n) is 5.83. The maximum atomic E-state index is 13.1. The van der Waals surface area contributed by atoms with Gasteiger partial charge in [0, 0.05) is 13.0 Å². The SMILES string of the molecule is Cc1cc(F)ccc1Cc1noc(C2CCCN2S(C)(=O)=O)n1. The Morgan fingerprint density at radius 3 is 2.91 bits per heavy atom. The lowest BCUT2D eigenvalue weighted by atomic mass is 10.1. The highest BCUT2D eigenvalue weighted by Gasteiger charge is 2.36. The van der Waals surface area contributed by atoms with Crippen molar-refractivity contribution in [1.29, 1.82) is 0 Å². The molecule has 2 heterocycles. The van der Waals surface area contributed by atoms with Crippen LogP contribution in [0.5, 0.6) is 0 Å². The van der Waals surface area contributed by atoms with E-state index in [1.54, 1.807) is 6.07 Å².